The zero-order chi connectivity index (χ0) is 13.7. The summed E-state index contributed by atoms with van der Waals surface area (Å²) in [5.41, 5.74) is 7.93. The van der Waals surface area contributed by atoms with Gasteiger partial charge in [-0.25, -0.2) is 14.4 Å². The van der Waals surface area contributed by atoms with Crippen LogP contribution in [0.1, 0.15) is 12.6 Å². The van der Waals surface area contributed by atoms with E-state index in [-0.39, 0.29) is 5.82 Å². The number of nitrogens with zero attached hydrogens (tertiary/aromatic N) is 2. The van der Waals surface area contributed by atoms with Gasteiger partial charge in [-0.2, -0.15) is 0 Å². The van der Waals surface area contributed by atoms with Gasteiger partial charge in [0.2, 0.25) is 0 Å². The molecule has 0 atom stereocenters. The zero-order valence-electron chi connectivity index (χ0n) is 10.9. The van der Waals surface area contributed by atoms with Crippen molar-refractivity contribution in [2.24, 2.45) is 5.73 Å². The van der Waals surface area contributed by atoms with E-state index < -0.39 is 0 Å². The van der Waals surface area contributed by atoms with E-state index in [1.54, 1.807) is 18.3 Å². The van der Waals surface area contributed by atoms with Gasteiger partial charge in [-0.3, -0.25) is 0 Å². The van der Waals surface area contributed by atoms with Gasteiger partial charge in [-0.1, -0.05) is 19.1 Å². The highest BCUT2D eigenvalue weighted by Crippen LogP contribution is 2.20. The lowest BCUT2D eigenvalue weighted by molar-refractivity contribution is 0.628. The van der Waals surface area contributed by atoms with Gasteiger partial charge >= 0.3 is 0 Å². The van der Waals surface area contributed by atoms with E-state index >= 15 is 0 Å². The van der Waals surface area contributed by atoms with Crippen molar-refractivity contribution in [3.05, 3.63) is 42.0 Å². The van der Waals surface area contributed by atoms with Gasteiger partial charge in [0, 0.05) is 18.7 Å². The van der Waals surface area contributed by atoms with Gasteiger partial charge in [0.05, 0.1) is 17.6 Å². The lowest BCUT2D eigenvalue weighted by Crippen LogP contribution is -2.15. The molecule has 0 spiro atoms. The quantitative estimate of drug-likeness (QED) is 0.865. The van der Waals surface area contributed by atoms with E-state index in [1.165, 1.54) is 12.1 Å². The van der Waals surface area contributed by atoms with Crippen LogP contribution in [0.2, 0.25) is 0 Å². The fraction of sp³-hybridized carbons (Fsp3) is 0.286. The number of halogens is 1. The molecular weight excluding hydrogens is 243 g/mol. The summed E-state index contributed by atoms with van der Waals surface area (Å²) in [6.45, 7) is 3.25. The number of nitrogens with two attached hydrogens (primary N) is 1. The minimum Gasteiger partial charge on any atom is -0.381 e. The zero-order valence-corrected chi connectivity index (χ0v) is 10.9. The first kappa shape index (κ1) is 13.4. The topological polar surface area (TPSA) is 63.8 Å². The molecule has 0 saturated heterocycles. The molecule has 0 aliphatic carbocycles. The molecule has 0 unspecified atom stereocenters. The van der Waals surface area contributed by atoms with Gasteiger partial charge in [0.25, 0.3) is 0 Å². The minimum absolute atomic E-state index is 0.288. The largest absolute Gasteiger partial charge is 0.381 e. The van der Waals surface area contributed by atoms with Crippen molar-refractivity contribution < 1.29 is 4.39 Å². The van der Waals surface area contributed by atoms with Gasteiger partial charge in [0.15, 0.2) is 5.82 Å². The molecule has 0 amide bonds. The van der Waals surface area contributed by atoms with Crippen LogP contribution >= 0.6 is 0 Å². The molecule has 2 aromatic rings. The van der Waals surface area contributed by atoms with Crippen molar-refractivity contribution in [2.45, 2.75) is 13.3 Å². The van der Waals surface area contributed by atoms with E-state index in [1.807, 2.05) is 6.92 Å². The summed E-state index contributed by atoms with van der Waals surface area (Å²) < 4.78 is 13.2. The molecule has 0 radical (unpaired) electrons. The first-order valence-electron chi connectivity index (χ1n) is 6.30. The van der Waals surface area contributed by atoms with Crippen LogP contribution in [0.3, 0.4) is 0 Å². The Hall–Kier alpha value is -2.01. The van der Waals surface area contributed by atoms with E-state index in [9.17, 15) is 4.39 Å². The molecule has 5 heteroatoms. The summed E-state index contributed by atoms with van der Waals surface area (Å²) in [5.74, 6) is 0.249. The molecule has 0 aliphatic heterocycles. The molecule has 100 valence electrons. The van der Waals surface area contributed by atoms with Crippen LogP contribution < -0.4 is 11.1 Å². The Balaban J connectivity index is 2.33. The Morgan fingerprint density at radius 3 is 2.89 bits per heavy atom. The molecular formula is C14H17FN4. The van der Waals surface area contributed by atoms with Crippen molar-refractivity contribution >= 4 is 5.69 Å². The average Bonchev–Trinajstić information content (AvgIpc) is 2.45. The highest BCUT2D eigenvalue weighted by molar-refractivity contribution is 5.58. The van der Waals surface area contributed by atoms with Gasteiger partial charge in [-0.15, -0.1) is 0 Å². The fourth-order valence-electron chi connectivity index (χ4n) is 1.81. The van der Waals surface area contributed by atoms with Crippen LogP contribution in [0.5, 0.6) is 0 Å². The van der Waals surface area contributed by atoms with Crippen LogP contribution in [-0.2, 0) is 6.42 Å². The Morgan fingerprint density at radius 2 is 2.21 bits per heavy atom. The molecule has 0 aliphatic rings. The molecule has 19 heavy (non-hydrogen) atoms. The van der Waals surface area contributed by atoms with Gasteiger partial charge < -0.3 is 11.1 Å². The summed E-state index contributed by atoms with van der Waals surface area (Å²) in [6.07, 6.45) is 2.50. The molecule has 1 aromatic carbocycles. The van der Waals surface area contributed by atoms with Crippen LogP contribution in [0.25, 0.3) is 11.4 Å². The summed E-state index contributed by atoms with van der Waals surface area (Å²) in [5, 5.41) is 3.18. The first-order valence-corrected chi connectivity index (χ1v) is 6.30. The average molecular weight is 260 g/mol. The molecule has 3 N–H and O–H groups in total. The predicted octanol–water partition coefficient (Wildman–Crippen LogP) is 2.22. The lowest BCUT2D eigenvalue weighted by Gasteiger charge is -2.10. The molecule has 1 heterocycles. The Bertz CT molecular complexity index is 557. The summed E-state index contributed by atoms with van der Waals surface area (Å²) in [4.78, 5) is 8.74. The van der Waals surface area contributed by atoms with Crippen molar-refractivity contribution in [3.8, 4) is 11.4 Å². The molecule has 1 aromatic heterocycles. The monoisotopic (exact) mass is 260 g/mol. The molecule has 4 nitrogen and oxygen atoms in total. The van der Waals surface area contributed by atoms with Crippen molar-refractivity contribution in [2.75, 3.05) is 18.4 Å². The van der Waals surface area contributed by atoms with Gasteiger partial charge in [0.1, 0.15) is 5.82 Å². The Labute approximate surface area is 111 Å². The molecule has 0 saturated carbocycles. The van der Waals surface area contributed by atoms with E-state index in [4.69, 9.17) is 5.73 Å². The second kappa shape index (κ2) is 6.24. The normalized spacial score (nSPS) is 10.5. The SMILES string of the molecule is CCc1nc(-c2cccc(F)c2)ncc1NCCN. The number of hydrogen-bond acceptors (Lipinski definition) is 4. The molecule has 0 fully saturated rings. The summed E-state index contributed by atoms with van der Waals surface area (Å²) in [6, 6.07) is 6.29. The minimum atomic E-state index is -0.288. The number of anilines is 1. The van der Waals surface area contributed by atoms with E-state index in [0.717, 1.165) is 17.8 Å². The predicted molar refractivity (Wildman–Crippen MR) is 74.3 cm³/mol. The third-order valence-electron chi connectivity index (χ3n) is 2.75. The third kappa shape index (κ3) is 3.26. The standard InChI is InChI=1S/C14H17FN4/c1-2-12-13(17-7-6-16)9-18-14(19-12)10-4-3-5-11(15)8-10/h3-5,8-9,17H,2,6-7,16H2,1H3. The van der Waals surface area contributed by atoms with Crippen LogP contribution in [0.15, 0.2) is 30.5 Å². The fourth-order valence-corrected chi connectivity index (χ4v) is 1.81. The number of aryl methyl sites for hydroxylation is 1. The van der Waals surface area contributed by atoms with Gasteiger partial charge in [-0.05, 0) is 18.6 Å². The Morgan fingerprint density at radius 1 is 1.37 bits per heavy atom. The number of nitrogens with one attached hydrogen (secondary N) is 1. The maximum Gasteiger partial charge on any atom is 0.159 e. The van der Waals surface area contributed by atoms with E-state index in [2.05, 4.69) is 15.3 Å². The maximum atomic E-state index is 13.2. The van der Waals surface area contributed by atoms with Crippen molar-refractivity contribution in [1.29, 1.82) is 0 Å². The summed E-state index contributed by atoms with van der Waals surface area (Å²) in [7, 11) is 0. The molecule has 2 rings (SSSR count). The first-order chi connectivity index (χ1) is 9.24. The maximum absolute atomic E-state index is 13.2. The lowest BCUT2D eigenvalue weighted by atomic mass is 10.2. The van der Waals surface area contributed by atoms with Crippen LogP contribution in [0.4, 0.5) is 10.1 Å². The second-order valence-electron chi connectivity index (χ2n) is 4.13. The molecule has 0 bridgehead atoms. The second-order valence-corrected chi connectivity index (χ2v) is 4.13. The third-order valence-corrected chi connectivity index (χ3v) is 2.75. The smallest absolute Gasteiger partial charge is 0.159 e. The number of hydrogen-bond donors (Lipinski definition) is 2. The Kier molecular flexibility index (Phi) is 4.41. The number of rotatable bonds is 5. The number of benzene rings is 1. The summed E-state index contributed by atoms with van der Waals surface area (Å²) >= 11 is 0. The van der Waals surface area contributed by atoms with Crippen molar-refractivity contribution in [3.63, 3.8) is 0 Å². The highest BCUT2D eigenvalue weighted by atomic mass is 19.1. The van der Waals surface area contributed by atoms with E-state index in [0.29, 0.717) is 24.5 Å². The van der Waals surface area contributed by atoms with Crippen LogP contribution in [0, 0.1) is 5.82 Å². The highest BCUT2D eigenvalue weighted by Gasteiger charge is 2.07. The number of aromatic nitrogens is 2. The van der Waals surface area contributed by atoms with Crippen LogP contribution in [-0.4, -0.2) is 23.1 Å². The van der Waals surface area contributed by atoms with Crippen molar-refractivity contribution in [1.82, 2.24) is 9.97 Å².